The number of piperidine rings is 1. The lowest BCUT2D eigenvalue weighted by molar-refractivity contribution is -0.136. The molecule has 0 spiro atoms. The summed E-state index contributed by atoms with van der Waals surface area (Å²) in [6.45, 7) is 4.90. The Labute approximate surface area is 120 Å². The van der Waals surface area contributed by atoms with Crippen LogP contribution < -0.4 is 0 Å². The van der Waals surface area contributed by atoms with Crippen LogP contribution in [0.5, 0.6) is 0 Å². The van der Waals surface area contributed by atoms with Gasteiger partial charge in [-0.25, -0.2) is 0 Å². The zero-order valence-corrected chi connectivity index (χ0v) is 11.8. The molecule has 2 aromatic rings. The molecule has 1 aliphatic heterocycles. The van der Waals surface area contributed by atoms with Gasteiger partial charge in [0, 0.05) is 18.7 Å². The third-order valence-electron chi connectivity index (χ3n) is 4.08. The van der Waals surface area contributed by atoms with Crippen molar-refractivity contribution in [3.8, 4) is 0 Å². The highest BCUT2D eigenvalue weighted by Gasteiger charge is 2.35. The molecule has 1 aliphatic rings. The van der Waals surface area contributed by atoms with Gasteiger partial charge in [-0.1, -0.05) is 6.92 Å². The summed E-state index contributed by atoms with van der Waals surface area (Å²) in [5.41, 5.74) is -0.833. The highest BCUT2D eigenvalue weighted by Crippen LogP contribution is 2.33. The smallest absolute Gasteiger partial charge is 0.303 e. The molecule has 0 N–H and O–H groups in total. The topological polar surface area (TPSA) is 33.4 Å². The molecule has 4 nitrogen and oxygen atoms in total. The Bertz CT molecular complexity index is 635. The van der Waals surface area contributed by atoms with Crippen molar-refractivity contribution >= 4 is 5.65 Å². The largest absolute Gasteiger partial charge is 0.420 e. The molecular weight excluding hydrogens is 281 g/mol. The molecular formula is C14H17F3N4. The third kappa shape index (κ3) is 2.62. The van der Waals surface area contributed by atoms with Gasteiger partial charge < -0.3 is 4.90 Å². The summed E-state index contributed by atoms with van der Waals surface area (Å²) in [7, 11) is 0. The van der Waals surface area contributed by atoms with E-state index in [1.165, 1.54) is 10.5 Å². The first-order chi connectivity index (χ1) is 10.0. The quantitative estimate of drug-likeness (QED) is 0.854. The summed E-state index contributed by atoms with van der Waals surface area (Å²) < 4.78 is 40.5. The van der Waals surface area contributed by atoms with E-state index in [0.29, 0.717) is 5.82 Å². The van der Waals surface area contributed by atoms with Gasteiger partial charge >= 0.3 is 6.18 Å². The van der Waals surface area contributed by atoms with Crippen LogP contribution >= 0.6 is 0 Å². The number of hydrogen-bond acceptors (Lipinski definition) is 3. The van der Waals surface area contributed by atoms with Gasteiger partial charge in [0.1, 0.15) is 11.4 Å². The Morgan fingerprint density at radius 3 is 2.86 bits per heavy atom. The van der Waals surface area contributed by atoms with Crippen LogP contribution in [-0.4, -0.2) is 39.1 Å². The molecule has 1 atom stereocenters. The molecule has 3 heterocycles. The van der Waals surface area contributed by atoms with E-state index >= 15 is 0 Å². The number of hydrogen-bond donors (Lipinski definition) is 0. The second-order valence-corrected chi connectivity index (χ2v) is 5.40. The fourth-order valence-corrected chi connectivity index (χ4v) is 2.99. The van der Waals surface area contributed by atoms with Gasteiger partial charge in [-0.3, -0.25) is 4.40 Å². The average molecular weight is 298 g/mol. The number of nitrogens with zero attached hydrogens (tertiary/aromatic N) is 4. The Balaban J connectivity index is 2.01. The summed E-state index contributed by atoms with van der Waals surface area (Å²) in [5.74, 6) is 0.770. The summed E-state index contributed by atoms with van der Waals surface area (Å²) in [5, 5.41) is 7.83. The molecule has 3 rings (SSSR count). The van der Waals surface area contributed by atoms with Crippen molar-refractivity contribution in [2.24, 2.45) is 0 Å². The predicted octanol–water partition coefficient (Wildman–Crippen LogP) is 2.95. The number of alkyl halides is 3. The van der Waals surface area contributed by atoms with Crippen LogP contribution in [0.4, 0.5) is 13.2 Å². The van der Waals surface area contributed by atoms with E-state index in [1.807, 2.05) is 0 Å². The zero-order valence-electron chi connectivity index (χ0n) is 11.8. The predicted molar refractivity (Wildman–Crippen MR) is 72.1 cm³/mol. The van der Waals surface area contributed by atoms with E-state index in [0.717, 1.165) is 38.5 Å². The van der Waals surface area contributed by atoms with Crippen molar-refractivity contribution in [1.82, 2.24) is 19.5 Å². The van der Waals surface area contributed by atoms with E-state index in [2.05, 4.69) is 22.0 Å². The lowest BCUT2D eigenvalue weighted by atomic mass is 9.97. The normalized spacial score (nSPS) is 21.0. The van der Waals surface area contributed by atoms with Gasteiger partial charge in [0.15, 0.2) is 5.65 Å². The molecule has 7 heteroatoms. The van der Waals surface area contributed by atoms with E-state index in [-0.39, 0.29) is 11.6 Å². The number of likely N-dealkylation sites (N-methyl/N-ethyl adjacent to an activating group) is 1. The monoisotopic (exact) mass is 298 g/mol. The van der Waals surface area contributed by atoms with Gasteiger partial charge in [0.2, 0.25) is 0 Å². The second kappa shape index (κ2) is 5.29. The number of likely N-dealkylation sites (tertiary alicyclic amines) is 1. The minimum Gasteiger partial charge on any atom is -0.303 e. The molecule has 114 valence electrons. The molecule has 0 amide bonds. The maximum absolute atomic E-state index is 13.0. The lowest BCUT2D eigenvalue weighted by Gasteiger charge is -2.30. The summed E-state index contributed by atoms with van der Waals surface area (Å²) >= 11 is 0. The number of halogens is 3. The van der Waals surface area contributed by atoms with Crippen molar-refractivity contribution in [3.63, 3.8) is 0 Å². The van der Waals surface area contributed by atoms with E-state index in [1.54, 1.807) is 6.20 Å². The minimum atomic E-state index is -4.41. The van der Waals surface area contributed by atoms with Crippen LogP contribution in [0.3, 0.4) is 0 Å². The molecule has 0 bridgehead atoms. The maximum Gasteiger partial charge on any atom is 0.420 e. The van der Waals surface area contributed by atoms with Crippen molar-refractivity contribution in [1.29, 1.82) is 0 Å². The molecule has 0 radical (unpaired) electrons. The van der Waals surface area contributed by atoms with Crippen LogP contribution in [0.2, 0.25) is 0 Å². The number of fused-ring (bicyclic) bond motifs is 1. The van der Waals surface area contributed by atoms with Crippen LogP contribution in [0, 0.1) is 0 Å². The fourth-order valence-electron chi connectivity index (χ4n) is 2.99. The Morgan fingerprint density at radius 1 is 1.33 bits per heavy atom. The van der Waals surface area contributed by atoms with Crippen molar-refractivity contribution in [3.05, 3.63) is 29.7 Å². The molecule has 21 heavy (non-hydrogen) atoms. The SMILES string of the molecule is CCN1CCCC(c2nnc3c(C(F)(F)F)cccn23)C1. The van der Waals surface area contributed by atoms with Crippen LogP contribution in [-0.2, 0) is 6.18 Å². The molecule has 2 aromatic heterocycles. The van der Waals surface area contributed by atoms with Gasteiger partial charge in [-0.2, -0.15) is 13.2 Å². The van der Waals surface area contributed by atoms with E-state index in [4.69, 9.17) is 0 Å². The average Bonchev–Trinajstić information content (AvgIpc) is 2.90. The minimum absolute atomic E-state index is 0.103. The highest BCUT2D eigenvalue weighted by molar-refractivity contribution is 5.49. The molecule has 0 aliphatic carbocycles. The summed E-state index contributed by atoms with van der Waals surface area (Å²) in [6, 6.07) is 2.45. The number of rotatable bonds is 2. The van der Waals surface area contributed by atoms with Crippen LogP contribution in [0.25, 0.3) is 5.65 Å². The standard InChI is InChI=1S/C14H17F3N4/c1-2-20-7-3-5-10(9-20)12-18-19-13-11(14(15,16)17)6-4-8-21(12)13/h4,6,8,10H,2-3,5,7,9H2,1H3. The Hall–Kier alpha value is -1.63. The van der Waals surface area contributed by atoms with Crippen LogP contribution in [0.15, 0.2) is 18.3 Å². The second-order valence-electron chi connectivity index (χ2n) is 5.40. The third-order valence-corrected chi connectivity index (χ3v) is 4.08. The first-order valence-corrected chi connectivity index (χ1v) is 7.14. The number of pyridine rings is 1. The van der Waals surface area contributed by atoms with Gasteiger partial charge in [0.25, 0.3) is 0 Å². The molecule has 1 fully saturated rings. The van der Waals surface area contributed by atoms with Crippen LogP contribution in [0.1, 0.15) is 37.1 Å². The Kier molecular flexibility index (Phi) is 3.61. The molecule has 1 saturated heterocycles. The zero-order chi connectivity index (χ0) is 15.0. The van der Waals surface area contributed by atoms with Gasteiger partial charge in [-0.15, -0.1) is 10.2 Å². The van der Waals surface area contributed by atoms with E-state index in [9.17, 15) is 13.2 Å². The van der Waals surface area contributed by atoms with Crippen molar-refractivity contribution in [2.75, 3.05) is 19.6 Å². The van der Waals surface area contributed by atoms with Crippen molar-refractivity contribution < 1.29 is 13.2 Å². The molecule has 0 saturated carbocycles. The van der Waals surface area contributed by atoms with Gasteiger partial charge in [-0.05, 0) is 38.1 Å². The molecule has 0 aromatic carbocycles. The van der Waals surface area contributed by atoms with Crippen molar-refractivity contribution in [2.45, 2.75) is 31.9 Å². The Morgan fingerprint density at radius 2 is 2.14 bits per heavy atom. The lowest BCUT2D eigenvalue weighted by Crippen LogP contribution is -2.34. The summed E-state index contributed by atoms with van der Waals surface area (Å²) in [6.07, 6.45) is -0.820. The maximum atomic E-state index is 13.0. The highest BCUT2D eigenvalue weighted by atomic mass is 19.4. The fraction of sp³-hybridized carbons (Fsp3) is 0.571. The first-order valence-electron chi connectivity index (χ1n) is 7.14. The van der Waals surface area contributed by atoms with Gasteiger partial charge in [0.05, 0.1) is 0 Å². The summed E-state index contributed by atoms with van der Waals surface area (Å²) in [4.78, 5) is 2.29. The molecule has 1 unspecified atom stereocenters. The number of aromatic nitrogens is 3. The first kappa shape index (κ1) is 14.3. The van der Waals surface area contributed by atoms with E-state index < -0.39 is 11.7 Å².